The normalized spacial score (nSPS) is 19.6. The second-order valence-electron chi connectivity index (χ2n) is 5.62. The van der Waals surface area contributed by atoms with Gasteiger partial charge in [-0.05, 0) is 33.6 Å². The molecule has 1 aliphatic rings. The van der Waals surface area contributed by atoms with Crippen LogP contribution in [0.2, 0.25) is 0 Å². The van der Waals surface area contributed by atoms with Gasteiger partial charge < -0.3 is 19.7 Å². The smallest absolute Gasteiger partial charge is 0.193 e. The minimum absolute atomic E-state index is 0.303. The van der Waals surface area contributed by atoms with Crippen LogP contribution in [0.5, 0.6) is 0 Å². The highest BCUT2D eigenvalue weighted by molar-refractivity contribution is 5.79. The molecule has 1 N–H and O–H groups in total. The van der Waals surface area contributed by atoms with Gasteiger partial charge in [-0.3, -0.25) is 4.99 Å². The van der Waals surface area contributed by atoms with E-state index >= 15 is 0 Å². The summed E-state index contributed by atoms with van der Waals surface area (Å²) in [6.07, 6.45) is 2.43. The average Bonchev–Trinajstić information content (AvgIpc) is 2.89. The average molecular weight is 285 g/mol. The van der Waals surface area contributed by atoms with Crippen molar-refractivity contribution in [1.82, 2.24) is 10.2 Å². The van der Waals surface area contributed by atoms with E-state index in [1.165, 1.54) is 0 Å². The van der Waals surface area contributed by atoms with E-state index in [1.54, 1.807) is 0 Å². The van der Waals surface area contributed by atoms with E-state index in [0.717, 1.165) is 58.3 Å². The fourth-order valence-electron chi connectivity index (χ4n) is 2.24. The standard InChI is InChI=1S/C15H31N3O2/c1-5-16-15(17-8-6-9-20-13(2)3)18(4)11-14-7-10-19-12-14/h13-14H,5-12H2,1-4H3,(H,16,17). The summed E-state index contributed by atoms with van der Waals surface area (Å²) in [5.74, 6) is 1.62. The highest BCUT2D eigenvalue weighted by atomic mass is 16.5. The van der Waals surface area contributed by atoms with E-state index in [1.807, 2.05) is 0 Å². The molecular weight excluding hydrogens is 254 g/mol. The molecule has 20 heavy (non-hydrogen) atoms. The Morgan fingerprint density at radius 2 is 2.30 bits per heavy atom. The fraction of sp³-hybridized carbons (Fsp3) is 0.933. The van der Waals surface area contributed by atoms with Gasteiger partial charge in [-0.15, -0.1) is 0 Å². The summed E-state index contributed by atoms with van der Waals surface area (Å²) < 4.78 is 11.0. The lowest BCUT2D eigenvalue weighted by atomic mass is 10.1. The SMILES string of the molecule is CCNC(=NCCCOC(C)C)N(C)CC1CCOC1. The molecular formula is C15H31N3O2. The summed E-state index contributed by atoms with van der Waals surface area (Å²) >= 11 is 0. The minimum atomic E-state index is 0.303. The third kappa shape index (κ3) is 7.10. The second kappa shape index (κ2) is 10.00. The fourth-order valence-corrected chi connectivity index (χ4v) is 2.24. The molecule has 0 radical (unpaired) electrons. The lowest BCUT2D eigenvalue weighted by Gasteiger charge is -2.24. The van der Waals surface area contributed by atoms with Crippen molar-refractivity contribution in [2.75, 3.05) is 46.5 Å². The van der Waals surface area contributed by atoms with E-state index in [4.69, 9.17) is 9.47 Å². The first kappa shape index (κ1) is 17.2. The second-order valence-corrected chi connectivity index (χ2v) is 5.62. The third-order valence-corrected chi connectivity index (χ3v) is 3.27. The van der Waals surface area contributed by atoms with Crippen LogP contribution in [0.15, 0.2) is 4.99 Å². The van der Waals surface area contributed by atoms with Crippen molar-refractivity contribution >= 4 is 5.96 Å². The molecule has 1 aliphatic heterocycles. The first-order valence-corrected chi connectivity index (χ1v) is 7.82. The summed E-state index contributed by atoms with van der Waals surface area (Å²) in [4.78, 5) is 6.88. The molecule has 0 bridgehead atoms. The van der Waals surface area contributed by atoms with Gasteiger partial charge in [-0.2, -0.15) is 0 Å². The molecule has 1 atom stereocenters. The number of ether oxygens (including phenoxy) is 2. The predicted octanol–water partition coefficient (Wildman–Crippen LogP) is 1.74. The number of aliphatic imine (C=N–C) groups is 1. The third-order valence-electron chi connectivity index (χ3n) is 3.27. The minimum Gasteiger partial charge on any atom is -0.381 e. The molecule has 0 spiro atoms. The van der Waals surface area contributed by atoms with Crippen LogP contribution in [0.1, 0.15) is 33.6 Å². The Hall–Kier alpha value is -0.810. The number of rotatable bonds is 8. The predicted molar refractivity (Wildman–Crippen MR) is 83.2 cm³/mol. The zero-order valence-corrected chi connectivity index (χ0v) is 13.5. The molecule has 118 valence electrons. The van der Waals surface area contributed by atoms with Crippen LogP contribution in [-0.2, 0) is 9.47 Å². The molecule has 0 aromatic heterocycles. The van der Waals surface area contributed by atoms with Gasteiger partial charge in [0.05, 0.1) is 12.7 Å². The zero-order chi connectivity index (χ0) is 14.8. The van der Waals surface area contributed by atoms with E-state index < -0.39 is 0 Å². The van der Waals surface area contributed by atoms with Crippen molar-refractivity contribution in [3.63, 3.8) is 0 Å². The first-order valence-electron chi connectivity index (χ1n) is 7.82. The number of guanidine groups is 1. The monoisotopic (exact) mass is 285 g/mol. The van der Waals surface area contributed by atoms with Gasteiger partial charge in [-0.1, -0.05) is 0 Å². The van der Waals surface area contributed by atoms with E-state index in [0.29, 0.717) is 12.0 Å². The maximum absolute atomic E-state index is 5.53. The number of hydrogen-bond acceptors (Lipinski definition) is 3. The lowest BCUT2D eigenvalue weighted by molar-refractivity contribution is 0.0782. The van der Waals surface area contributed by atoms with Gasteiger partial charge in [0.2, 0.25) is 0 Å². The number of nitrogens with zero attached hydrogens (tertiary/aromatic N) is 2. The maximum atomic E-state index is 5.53. The Bertz CT molecular complexity index is 276. The van der Waals surface area contributed by atoms with Gasteiger partial charge in [-0.25, -0.2) is 0 Å². The zero-order valence-electron chi connectivity index (χ0n) is 13.5. The van der Waals surface area contributed by atoms with E-state index in [9.17, 15) is 0 Å². The molecule has 0 aromatic rings. The molecule has 5 nitrogen and oxygen atoms in total. The van der Waals surface area contributed by atoms with Gasteiger partial charge in [0.1, 0.15) is 0 Å². The number of hydrogen-bond donors (Lipinski definition) is 1. The molecule has 0 saturated carbocycles. The summed E-state index contributed by atoms with van der Waals surface area (Å²) in [5, 5.41) is 3.35. The molecule has 1 heterocycles. The van der Waals surface area contributed by atoms with Crippen molar-refractivity contribution in [1.29, 1.82) is 0 Å². The Morgan fingerprint density at radius 1 is 1.50 bits per heavy atom. The van der Waals surface area contributed by atoms with Gasteiger partial charge in [0.25, 0.3) is 0 Å². The molecule has 1 rings (SSSR count). The van der Waals surface area contributed by atoms with Crippen LogP contribution >= 0.6 is 0 Å². The molecule has 1 fully saturated rings. The summed E-state index contributed by atoms with van der Waals surface area (Å²) in [7, 11) is 2.10. The van der Waals surface area contributed by atoms with E-state index in [2.05, 4.69) is 43.0 Å². The molecule has 5 heteroatoms. The topological polar surface area (TPSA) is 46.1 Å². The molecule has 0 aromatic carbocycles. The highest BCUT2D eigenvalue weighted by Crippen LogP contribution is 2.13. The summed E-state index contributed by atoms with van der Waals surface area (Å²) in [5.41, 5.74) is 0. The first-order chi connectivity index (χ1) is 9.63. The lowest BCUT2D eigenvalue weighted by Crippen LogP contribution is -2.41. The largest absolute Gasteiger partial charge is 0.381 e. The van der Waals surface area contributed by atoms with Crippen molar-refractivity contribution in [3.05, 3.63) is 0 Å². The summed E-state index contributed by atoms with van der Waals surface area (Å²) in [6, 6.07) is 0. The van der Waals surface area contributed by atoms with Crippen LogP contribution in [0.4, 0.5) is 0 Å². The maximum Gasteiger partial charge on any atom is 0.193 e. The van der Waals surface area contributed by atoms with Crippen LogP contribution in [0.3, 0.4) is 0 Å². The Labute approximate surface area is 123 Å². The van der Waals surface area contributed by atoms with Crippen molar-refractivity contribution in [3.8, 4) is 0 Å². The molecule has 0 aliphatic carbocycles. The Balaban J connectivity index is 2.32. The van der Waals surface area contributed by atoms with Crippen molar-refractivity contribution in [2.24, 2.45) is 10.9 Å². The number of nitrogens with one attached hydrogen (secondary N) is 1. The van der Waals surface area contributed by atoms with Crippen LogP contribution in [-0.4, -0.2) is 63.5 Å². The highest BCUT2D eigenvalue weighted by Gasteiger charge is 2.18. The van der Waals surface area contributed by atoms with Gasteiger partial charge in [0, 0.05) is 45.8 Å². The Kier molecular flexibility index (Phi) is 8.62. The molecule has 1 unspecified atom stereocenters. The summed E-state index contributed by atoms with van der Waals surface area (Å²) in [6.45, 7) is 11.5. The van der Waals surface area contributed by atoms with Crippen molar-refractivity contribution in [2.45, 2.75) is 39.7 Å². The van der Waals surface area contributed by atoms with Crippen molar-refractivity contribution < 1.29 is 9.47 Å². The van der Waals surface area contributed by atoms with Gasteiger partial charge >= 0.3 is 0 Å². The van der Waals surface area contributed by atoms with Gasteiger partial charge in [0.15, 0.2) is 5.96 Å². The Morgan fingerprint density at radius 3 is 2.90 bits per heavy atom. The van der Waals surface area contributed by atoms with Crippen LogP contribution in [0, 0.1) is 5.92 Å². The van der Waals surface area contributed by atoms with E-state index in [-0.39, 0.29) is 0 Å². The quantitative estimate of drug-likeness (QED) is 0.419. The van der Waals surface area contributed by atoms with Crippen LogP contribution < -0.4 is 5.32 Å². The molecule has 1 saturated heterocycles. The van der Waals surface area contributed by atoms with Crippen LogP contribution in [0.25, 0.3) is 0 Å². The molecule has 0 amide bonds.